The van der Waals surface area contributed by atoms with Crippen molar-refractivity contribution in [2.75, 3.05) is 11.9 Å². The van der Waals surface area contributed by atoms with Gasteiger partial charge in [0, 0.05) is 18.1 Å². The van der Waals surface area contributed by atoms with E-state index in [4.69, 9.17) is 0 Å². The zero-order valence-electron chi connectivity index (χ0n) is 12.9. The van der Waals surface area contributed by atoms with E-state index >= 15 is 0 Å². The van der Waals surface area contributed by atoms with E-state index in [-0.39, 0.29) is 17.6 Å². The first-order valence-electron chi connectivity index (χ1n) is 7.72. The van der Waals surface area contributed by atoms with Crippen molar-refractivity contribution >= 4 is 11.6 Å². The van der Waals surface area contributed by atoms with Gasteiger partial charge in [0.2, 0.25) is 0 Å². The van der Waals surface area contributed by atoms with Gasteiger partial charge < -0.3 is 10.2 Å². The summed E-state index contributed by atoms with van der Waals surface area (Å²) in [5, 5.41) is 2.56. The molecule has 1 heterocycles. The second-order valence-corrected chi connectivity index (χ2v) is 5.94. The maximum Gasteiger partial charge on any atom is 0.282 e. The maximum atomic E-state index is 13.7. The smallest absolute Gasteiger partial charge is 0.282 e. The zero-order valence-corrected chi connectivity index (χ0v) is 12.9. The number of rotatable bonds is 3. The third-order valence-corrected chi connectivity index (χ3v) is 4.45. The second kappa shape index (κ2) is 6.46. The summed E-state index contributed by atoms with van der Waals surface area (Å²) < 4.78 is 26.6. The Labute approximate surface area is 133 Å². The maximum absolute atomic E-state index is 13.7. The summed E-state index contributed by atoms with van der Waals surface area (Å²) >= 11 is 0. The highest BCUT2D eigenvalue weighted by Crippen LogP contribution is 2.15. The minimum absolute atomic E-state index is 0.0139. The molecule has 0 aromatic heterocycles. The Balaban J connectivity index is 1.68. The molecule has 120 valence electrons. The van der Waals surface area contributed by atoms with Crippen molar-refractivity contribution in [3.63, 3.8) is 0 Å². The van der Waals surface area contributed by atoms with E-state index in [9.17, 15) is 13.6 Å². The molecule has 2 aromatic carbocycles. The lowest BCUT2D eigenvalue weighted by Crippen LogP contribution is -3.16. The third-order valence-electron chi connectivity index (χ3n) is 4.45. The van der Waals surface area contributed by atoms with Gasteiger partial charge in [-0.05, 0) is 24.6 Å². The Morgan fingerprint density at radius 2 is 1.91 bits per heavy atom. The van der Waals surface area contributed by atoms with Gasteiger partial charge in [-0.15, -0.1) is 0 Å². The van der Waals surface area contributed by atoms with Crippen LogP contribution < -0.4 is 10.2 Å². The monoisotopic (exact) mass is 317 g/mol. The summed E-state index contributed by atoms with van der Waals surface area (Å²) in [7, 11) is 0. The quantitative estimate of drug-likeness (QED) is 0.891. The van der Waals surface area contributed by atoms with Crippen LogP contribution in [0.15, 0.2) is 42.5 Å². The van der Waals surface area contributed by atoms with Crippen molar-refractivity contribution in [2.24, 2.45) is 0 Å². The molecule has 2 N–H and O–H groups in total. The third kappa shape index (κ3) is 3.40. The van der Waals surface area contributed by atoms with Gasteiger partial charge in [-0.2, -0.15) is 0 Å². The number of nitrogens with one attached hydrogen (secondary N) is 2. The average Bonchev–Trinajstić information content (AvgIpc) is 2.56. The lowest BCUT2D eigenvalue weighted by Gasteiger charge is -2.30. The molecule has 2 aromatic rings. The number of hydrogen-bond acceptors (Lipinski definition) is 1. The number of carbonyl (C=O) groups is 1. The van der Waals surface area contributed by atoms with Crippen LogP contribution in [0.4, 0.5) is 14.5 Å². The van der Waals surface area contributed by atoms with Gasteiger partial charge in [0.05, 0.1) is 12.2 Å². The number of amides is 1. The highest BCUT2D eigenvalue weighted by atomic mass is 19.1. The first-order chi connectivity index (χ1) is 11.0. The first-order valence-corrected chi connectivity index (χ1v) is 7.72. The van der Waals surface area contributed by atoms with Crippen LogP contribution in [0.5, 0.6) is 0 Å². The fraction of sp³-hybridized carbons (Fsp3) is 0.278. The second-order valence-electron chi connectivity index (χ2n) is 5.94. The molecule has 0 fully saturated rings. The van der Waals surface area contributed by atoms with Crippen LogP contribution in [-0.4, -0.2) is 18.5 Å². The molecule has 1 aliphatic rings. The van der Waals surface area contributed by atoms with Gasteiger partial charge in [-0.1, -0.05) is 24.3 Å². The van der Waals surface area contributed by atoms with Crippen LogP contribution in [0, 0.1) is 11.6 Å². The van der Waals surface area contributed by atoms with Crippen molar-refractivity contribution in [2.45, 2.75) is 25.9 Å². The van der Waals surface area contributed by atoms with Crippen LogP contribution in [0.1, 0.15) is 18.1 Å². The Kier molecular flexibility index (Phi) is 4.39. The predicted molar refractivity (Wildman–Crippen MR) is 84.1 cm³/mol. The van der Waals surface area contributed by atoms with E-state index in [0.717, 1.165) is 36.5 Å². The summed E-state index contributed by atoms with van der Waals surface area (Å²) in [6.07, 6.45) is 0.925. The lowest BCUT2D eigenvalue weighted by molar-refractivity contribution is -0.929. The van der Waals surface area contributed by atoms with Gasteiger partial charge >= 0.3 is 0 Å². The number of hydrogen-bond donors (Lipinski definition) is 2. The minimum atomic E-state index is -0.760. The summed E-state index contributed by atoms with van der Waals surface area (Å²) in [5.41, 5.74) is 2.59. The summed E-state index contributed by atoms with van der Waals surface area (Å²) in [6, 6.07) is 11.1. The van der Waals surface area contributed by atoms with Gasteiger partial charge in [0.1, 0.15) is 18.2 Å². The number of quaternary nitrogens is 1. The molecule has 0 spiro atoms. The van der Waals surface area contributed by atoms with E-state index in [1.807, 2.05) is 19.1 Å². The molecule has 2 atom stereocenters. The Hall–Kier alpha value is -2.27. The van der Waals surface area contributed by atoms with Crippen LogP contribution in [-0.2, 0) is 17.8 Å². The normalized spacial score (nSPS) is 18.1. The lowest BCUT2D eigenvalue weighted by atomic mass is 9.99. The van der Waals surface area contributed by atoms with Crippen molar-refractivity contribution < 1.29 is 18.5 Å². The van der Waals surface area contributed by atoms with E-state index in [0.29, 0.717) is 0 Å². The van der Waals surface area contributed by atoms with Crippen LogP contribution in [0.2, 0.25) is 0 Å². The Morgan fingerprint density at radius 1 is 1.17 bits per heavy atom. The molecule has 3 nitrogen and oxygen atoms in total. The number of halogens is 2. The number of anilines is 1. The summed E-state index contributed by atoms with van der Waals surface area (Å²) in [6.45, 7) is 3.47. The predicted octanol–water partition coefficient (Wildman–Crippen LogP) is 1.93. The number of carbonyl (C=O) groups excluding carboxylic acids is 1. The molecule has 1 amide bonds. The highest BCUT2D eigenvalue weighted by molar-refractivity contribution is 5.93. The van der Waals surface area contributed by atoms with E-state index < -0.39 is 11.6 Å². The van der Waals surface area contributed by atoms with Crippen LogP contribution >= 0.6 is 0 Å². The SMILES string of the molecule is C[C@H](C(=O)Nc1ccc(F)cc1F)[NH+]1CCc2ccccc2C1. The summed E-state index contributed by atoms with van der Waals surface area (Å²) in [5.74, 6) is -1.68. The fourth-order valence-electron chi connectivity index (χ4n) is 2.99. The molecule has 23 heavy (non-hydrogen) atoms. The van der Waals surface area contributed by atoms with Crippen molar-refractivity contribution in [3.05, 3.63) is 65.2 Å². The van der Waals surface area contributed by atoms with Crippen LogP contribution in [0.25, 0.3) is 0 Å². The highest BCUT2D eigenvalue weighted by Gasteiger charge is 2.29. The van der Waals surface area contributed by atoms with Gasteiger partial charge in [-0.25, -0.2) is 8.78 Å². The Bertz CT molecular complexity index is 733. The van der Waals surface area contributed by atoms with Crippen molar-refractivity contribution in [1.29, 1.82) is 0 Å². The number of fused-ring (bicyclic) bond motifs is 1. The van der Waals surface area contributed by atoms with Gasteiger partial charge in [0.25, 0.3) is 5.91 Å². The first kappa shape index (κ1) is 15.6. The molecule has 1 aliphatic heterocycles. The van der Waals surface area contributed by atoms with Gasteiger partial charge in [-0.3, -0.25) is 4.79 Å². The molecule has 3 rings (SSSR count). The Morgan fingerprint density at radius 3 is 2.65 bits per heavy atom. The molecule has 0 bridgehead atoms. The molecule has 0 aliphatic carbocycles. The van der Waals surface area contributed by atoms with E-state index in [1.165, 1.54) is 17.2 Å². The van der Waals surface area contributed by atoms with E-state index in [2.05, 4.69) is 17.4 Å². The number of benzene rings is 2. The van der Waals surface area contributed by atoms with Crippen molar-refractivity contribution in [3.8, 4) is 0 Å². The molecule has 5 heteroatoms. The molecular weight excluding hydrogens is 298 g/mol. The minimum Gasteiger partial charge on any atom is -0.321 e. The standard InChI is InChI=1S/C18H18F2N2O/c1-12(18(23)21-17-7-6-15(19)10-16(17)20)22-9-8-13-4-2-3-5-14(13)11-22/h2-7,10,12H,8-9,11H2,1H3,(H,21,23)/p+1/t12-/m1/s1. The average molecular weight is 317 g/mol. The van der Waals surface area contributed by atoms with Gasteiger partial charge in [0.15, 0.2) is 6.04 Å². The molecule has 0 radical (unpaired) electrons. The molecular formula is C18H19F2N2O+. The fourth-order valence-corrected chi connectivity index (χ4v) is 2.99. The largest absolute Gasteiger partial charge is 0.321 e. The topological polar surface area (TPSA) is 33.5 Å². The van der Waals surface area contributed by atoms with Crippen LogP contribution in [0.3, 0.4) is 0 Å². The summed E-state index contributed by atoms with van der Waals surface area (Å²) in [4.78, 5) is 13.5. The molecule has 1 unspecified atom stereocenters. The molecule has 0 saturated heterocycles. The molecule has 0 saturated carbocycles. The van der Waals surface area contributed by atoms with Crippen molar-refractivity contribution in [1.82, 2.24) is 0 Å². The zero-order chi connectivity index (χ0) is 16.4. The van der Waals surface area contributed by atoms with E-state index in [1.54, 1.807) is 0 Å².